The predicted octanol–water partition coefficient (Wildman–Crippen LogP) is 3.00. The molecule has 0 bridgehead atoms. The number of amides is 1. The van der Waals surface area contributed by atoms with E-state index in [0.29, 0.717) is 5.92 Å². The van der Waals surface area contributed by atoms with E-state index in [1.54, 1.807) is 0 Å². The molecule has 3 nitrogen and oxygen atoms in total. The molecule has 96 valence electrons. The fraction of sp³-hybridized carbons (Fsp3) is 0.533. The zero-order valence-electron chi connectivity index (χ0n) is 10.7. The maximum Gasteiger partial charge on any atom is 0.407 e. The van der Waals surface area contributed by atoms with Crippen LogP contribution >= 0.6 is 0 Å². The summed E-state index contributed by atoms with van der Waals surface area (Å²) in [5.74, 6) is 0.460. The molecule has 3 rings (SSSR count). The predicted molar refractivity (Wildman–Crippen MR) is 69.6 cm³/mol. The fourth-order valence-corrected chi connectivity index (χ4v) is 3.73. The Bertz CT molecular complexity index is 471. The highest BCUT2D eigenvalue weighted by atomic mass is 16.5. The molecule has 0 saturated heterocycles. The molecule has 0 spiro atoms. The van der Waals surface area contributed by atoms with Crippen LogP contribution < -0.4 is 5.32 Å². The average Bonchev–Trinajstić information content (AvgIpc) is 2.72. The zero-order valence-corrected chi connectivity index (χ0v) is 10.7. The van der Waals surface area contributed by atoms with Crippen LogP contribution in [0.3, 0.4) is 0 Å². The van der Waals surface area contributed by atoms with Gasteiger partial charge in [-0.15, -0.1) is 0 Å². The van der Waals surface area contributed by atoms with Gasteiger partial charge in [-0.25, -0.2) is 4.79 Å². The number of ether oxygens (including phenoxy) is 1. The number of carbonyl (C=O) groups excluding carboxylic acids is 1. The molecule has 0 heterocycles. The zero-order chi connectivity index (χ0) is 12.6. The Labute approximate surface area is 108 Å². The van der Waals surface area contributed by atoms with Crippen molar-refractivity contribution < 1.29 is 9.53 Å². The Morgan fingerprint density at radius 1 is 1.39 bits per heavy atom. The largest absolute Gasteiger partial charge is 0.453 e. The van der Waals surface area contributed by atoms with Crippen molar-refractivity contribution in [1.82, 2.24) is 5.32 Å². The first-order valence-electron chi connectivity index (χ1n) is 6.69. The van der Waals surface area contributed by atoms with Crippen LogP contribution in [0.1, 0.15) is 42.7 Å². The third-order valence-corrected chi connectivity index (χ3v) is 4.51. The minimum Gasteiger partial charge on any atom is -0.453 e. The highest BCUT2D eigenvalue weighted by Crippen LogP contribution is 2.49. The highest BCUT2D eigenvalue weighted by Gasteiger charge is 2.48. The lowest BCUT2D eigenvalue weighted by Crippen LogP contribution is -2.53. The van der Waals surface area contributed by atoms with Crippen LogP contribution in [0.25, 0.3) is 0 Å². The normalized spacial score (nSPS) is 29.3. The Kier molecular flexibility index (Phi) is 2.77. The first-order valence-corrected chi connectivity index (χ1v) is 6.69. The van der Waals surface area contributed by atoms with E-state index in [9.17, 15) is 4.79 Å². The maximum atomic E-state index is 11.6. The van der Waals surface area contributed by atoms with E-state index in [1.165, 1.54) is 37.5 Å². The molecule has 2 aliphatic rings. The summed E-state index contributed by atoms with van der Waals surface area (Å²) in [4.78, 5) is 11.6. The quantitative estimate of drug-likeness (QED) is 0.826. The number of hydrogen-bond donors (Lipinski definition) is 1. The number of methoxy groups -OCH3 is 1. The van der Waals surface area contributed by atoms with Gasteiger partial charge in [-0.3, -0.25) is 0 Å². The van der Waals surface area contributed by atoms with E-state index in [4.69, 9.17) is 4.74 Å². The molecule has 0 aliphatic heterocycles. The first kappa shape index (κ1) is 11.6. The topological polar surface area (TPSA) is 38.3 Å². The Morgan fingerprint density at radius 3 is 3.06 bits per heavy atom. The second-order valence-electron chi connectivity index (χ2n) is 5.45. The van der Waals surface area contributed by atoms with Crippen LogP contribution in [0, 0.1) is 0 Å². The van der Waals surface area contributed by atoms with Gasteiger partial charge in [0.2, 0.25) is 0 Å². The summed E-state index contributed by atoms with van der Waals surface area (Å²) in [5, 5.41) is 3.13. The molecule has 1 amide bonds. The number of fused-ring (bicyclic) bond motifs is 3. The van der Waals surface area contributed by atoms with Gasteiger partial charge in [0.1, 0.15) is 0 Å². The molecule has 2 aliphatic carbocycles. The standard InChI is InChI=1S/C15H19NO2/c1-18-14(17)16-15-9-5-4-8-13(15)12-7-3-2-6-11(12)10-15/h2-3,6-7,13H,4-5,8-10H2,1H3,(H,16,17)/t13-,15-/m1/s1. The van der Waals surface area contributed by atoms with Crippen LogP contribution in [0.5, 0.6) is 0 Å². The van der Waals surface area contributed by atoms with Gasteiger partial charge in [-0.1, -0.05) is 37.1 Å². The Balaban J connectivity index is 1.96. The maximum absolute atomic E-state index is 11.6. The molecule has 18 heavy (non-hydrogen) atoms. The minimum atomic E-state index is -0.297. The van der Waals surface area contributed by atoms with Gasteiger partial charge in [-0.2, -0.15) is 0 Å². The molecule has 0 aromatic heterocycles. The summed E-state index contributed by atoms with van der Waals surface area (Å²) in [7, 11) is 1.44. The molecule has 3 heteroatoms. The average molecular weight is 245 g/mol. The fourth-order valence-electron chi connectivity index (χ4n) is 3.73. The molecule has 0 unspecified atom stereocenters. The van der Waals surface area contributed by atoms with Crippen LogP contribution in [0.2, 0.25) is 0 Å². The number of hydrogen-bond acceptors (Lipinski definition) is 2. The van der Waals surface area contributed by atoms with E-state index in [1.807, 2.05) is 0 Å². The summed E-state index contributed by atoms with van der Waals surface area (Å²) in [6, 6.07) is 8.59. The van der Waals surface area contributed by atoms with Crippen molar-refractivity contribution >= 4 is 6.09 Å². The van der Waals surface area contributed by atoms with Gasteiger partial charge in [0.25, 0.3) is 0 Å². The third kappa shape index (κ3) is 1.69. The molecule has 0 radical (unpaired) electrons. The minimum absolute atomic E-state index is 0.102. The van der Waals surface area contributed by atoms with Crippen LogP contribution in [0.4, 0.5) is 4.79 Å². The van der Waals surface area contributed by atoms with E-state index >= 15 is 0 Å². The molecule has 1 N–H and O–H groups in total. The lowest BCUT2D eigenvalue weighted by molar-refractivity contribution is 0.139. The van der Waals surface area contributed by atoms with E-state index in [-0.39, 0.29) is 11.6 Å². The number of rotatable bonds is 1. The summed E-state index contributed by atoms with van der Waals surface area (Å²) >= 11 is 0. The van der Waals surface area contributed by atoms with Crippen molar-refractivity contribution in [2.24, 2.45) is 0 Å². The van der Waals surface area contributed by atoms with Gasteiger partial charge < -0.3 is 10.1 Å². The van der Waals surface area contributed by atoms with Crippen molar-refractivity contribution in [1.29, 1.82) is 0 Å². The molecule has 1 saturated carbocycles. The van der Waals surface area contributed by atoms with Gasteiger partial charge in [0, 0.05) is 5.92 Å². The summed E-state index contributed by atoms with van der Waals surface area (Å²) in [6.45, 7) is 0. The summed E-state index contributed by atoms with van der Waals surface area (Å²) < 4.78 is 4.80. The van der Waals surface area contributed by atoms with Crippen molar-refractivity contribution in [3.05, 3.63) is 35.4 Å². The Morgan fingerprint density at radius 2 is 2.22 bits per heavy atom. The highest BCUT2D eigenvalue weighted by molar-refractivity contribution is 5.69. The lowest BCUT2D eigenvalue weighted by Gasteiger charge is -2.40. The second-order valence-corrected chi connectivity index (χ2v) is 5.45. The number of alkyl carbamates (subject to hydrolysis) is 1. The lowest BCUT2D eigenvalue weighted by atomic mass is 9.73. The van der Waals surface area contributed by atoms with Crippen molar-refractivity contribution in [2.75, 3.05) is 7.11 Å². The SMILES string of the molecule is COC(=O)N[C@@]12CCCC[C@@H]1c1ccccc1C2. The summed E-state index contributed by atoms with van der Waals surface area (Å²) in [6.07, 6.45) is 5.32. The van der Waals surface area contributed by atoms with Crippen LogP contribution in [-0.2, 0) is 11.2 Å². The number of benzene rings is 1. The third-order valence-electron chi connectivity index (χ3n) is 4.51. The van der Waals surface area contributed by atoms with E-state index in [0.717, 1.165) is 12.8 Å². The monoisotopic (exact) mass is 245 g/mol. The first-order chi connectivity index (χ1) is 8.75. The van der Waals surface area contributed by atoms with E-state index < -0.39 is 0 Å². The summed E-state index contributed by atoms with van der Waals surface area (Å²) in [5.41, 5.74) is 2.71. The molecular formula is C15H19NO2. The second kappa shape index (κ2) is 4.30. The van der Waals surface area contributed by atoms with Crippen molar-refractivity contribution in [3.8, 4) is 0 Å². The van der Waals surface area contributed by atoms with Crippen LogP contribution in [-0.4, -0.2) is 18.7 Å². The molecule has 2 atom stereocenters. The molecular weight excluding hydrogens is 226 g/mol. The molecule has 1 aromatic rings. The van der Waals surface area contributed by atoms with Crippen molar-refractivity contribution in [3.63, 3.8) is 0 Å². The van der Waals surface area contributed by atoms with E-state index in [2.05, 4.69) is 29.6 Å². The number of nitrogens with one attached hydrogen (secondary N) is 1. The molecule has 1 aromatic carbocycles. The van der Waals surface area contributed by atoms with Gasteiger partial charge >= 0.3 is 6.09 Å². The van der Waals surface area contributed by atoms with Gasteiger partial charge in [0.15, 0.2) is 0 Å². The molecule has 1 fully saturated rings. The Hall–Kier alpha value is -1.51. The smallest absolute Gasteiger partial charge is 0.407 e. The van der Waals surface area contributed by atoms with Crippen LogP contribution in [0.15, 0.2) is 24.3 Å². The number of carbonyl (C=O) groups is 1. The van der Waals surface area contributed by atoms with Gasteiger partial charge in [-0.05, 0) is 30.4 Å². The van der Waals surface area contributed by atoms with Gasteiger partial charge in [0.05, 0.1) is 12.6 Å². The van der Waals surface area contributed by atoms with Crippen molar-refractivity contribution in [2.45, 2.75) is 43.6 Å².